The summed E-state index contributed by atoms with van der Waals surface area (Å²) in [5.41, 5.74) is 1.95. The van der Waals surface area contributed by atoms with E-state index in [-0.39, 0.29) is 5.82 Å². The normalized spacial score (nSPS) is 10.6. The van der Waals surface area contributed by atoms with E-state index in [2.05, 4.69) is 25.2 Å². The summed E-state index contributed by atoms with van der Waals surface area (Å²) in [4.78, 5) is 2.58. The second kappa shape index (κ2) is 5.07. The van der Waals surface area contributed by atoms with Crippen LogP contribution in [-0.2, 0) is 6.54 Å². The zero-order chi connectivity index (χ0) is 12.4. The van der Waals surface area contributed by atoms with E-state index in [9.17, 15) is 4.39 Å². The number of nitrogens with one attached hydrogen (secondary N) is 1. The van der Waals surface area contributed by atoms with Crippen LogP contribution in [0.1, 0.15) is 15.3 Å². The van der Waals surface area contributed by atoms with Gasteiger partial charge in [0.15, 0.2) is 0 Å². The van der Waals surface area contributed by atoms with Crippen LogP contribution >= 0.6 is 22.9 Å². The van der Waals surface area contributed by atoms with Gasteiger partial charge in [-0.05, 0) is 43.7 Å². The van der Waals surface area contributed by atoms with Gasteiger partial charge in [-0.3, -0.25) is 0 Å². The molecule has 0 aliphatic carbocycles. The van der Waals surface area contributed by atoms with Crippen molar-refractivity contribution in [2.24, 2.45) is 0 Å². The molecule has 0 aliphatic heterocycles. The van der Waals surface area contributed by atoms with Gasteiger partial charge in [0.1, 0.15) is 5.82 Å². The molecule has 0 atom stereocenters. The van der Waals surface area contributed by atoms with Gasteiger partial charge in [0.2, 0.25) is 0 Å². The van der Waals surface area contributed by atoms with Gasteiger partial charge >= 0.3 is 0 Å². The van der Waals surface area contributed by atoms with Crippen molar-refractivity contribution in [1.29, 1.82) is 0 Å². The van der Waals surface area contributed by atoms with E-state index in [0.29, 0.717) is 17.3 Å². The Morgan fingerprint density at radius 2 is 2.00 bits per heavy atom. The van der Waals surface area contributed by atoms with Crippen molar-refractivity contribution in [2.75, 3.05) is 5.32 Å². The predicted molar refractivity (Wildman–Crippen MR) is 72.5 cm³/mol. The molecule has 4 heteroatoms. The molecule has 0 amide bonds. The lowest BCUT2D eigenvalue weighted by Gasteiger charge is -2.06. The van der Waals surface area contributed by atoms with Crippen LogP contribution in [0.3, 0.4) is 0 Å². The van der Waals surface area contributed by atoms with Crippen LogP contribution < -0.4 is 5.32 Å². The summed E-state index contributed by atoms with van der Waals surface area (Å²) < 4.78 is 13.1. The van der Waals surface area contributed by atoms with Crippen molar-refractivity contribution >= 4 is 28.6 Å². The Morgan fingerprint density at radius 1 is 1.24 bits per heavy atom. The summed E-state index contributed by atoms with van der Waals surface area (Å²) in [6, 6.07) is 6.61. The van der Waals surface area contributed by atoms with Crippen LogP contribution in [0.4, 0.5) is 10.1 Å². The monoisotopic (exact) mass is 269 g/mol. The minimum atomic E-state index is -0.321. The minimum absolute atomic E-state index is 0.321. The number of rotatable bonds is 3. The first-order valence-corrected chi connectivity index (χ1v) is 6.50. The van der Waals surface area contributed by atoms with E-state index in [1.54, 1.807) is 17.4 Å². The smallest absolute Gasteiger partial charge is 0.126 e. The standard InChI is InChI=1S/C13H13ClFNS/c1-8-3-10(9(2)17-8)7-16-13-5-11(14)4-12(15)6-13/h3-6,16H,7H2,1-2H3. The van der Waals surface area contributed by atoms with Crippen molar-refractivity contribution in [3.63, 3.8) is 0 Å². The second-order valence-corrected chi connectivity index (χ2v) is 5.85. The second-order valence-electron chi connectivity index (χ2n) is 3.95. The zero-order valence-electron chi connectivity index (χ0n) is 9.68. The molecule has 0 radical (unpaired) electrons. The predicted octanol–water partition coefficient (Wildman–Crippen LogP) is 4.77. The van der Waals surface area contributed by atoms with E-state index in [1.165, 1.54) is 27.5 Å². The highest BCUT2D eigenvalue weighted by Crippen LogP contribution is 2.23. The third-order valence-corrected chi connectivity index (χ3v) is 3.72. The Bertz CT molecular complexity index is 516. The Morgan fingerprint density at radius 3 is 2.59 bits per heavy atom. The number of anilines is 1. The maximum Gasteiger partial charge on any atom is 0.126 e. The molecule has 0 saturated carbocycles. The van der Waals surface area contributed by atoms with Crippen LogP contribution in [0.5, 0.6) is 0 Å². The van der Waals surface area contributed by atoms with Crippen LogP contribution in [0.2, 0.25) is 5.02 Å². The number of thiophene rings is 1. The van der Waals surface area contributed by atoms with Gasteiger partial charge in [-0.1, -0.05) is 11.6 Å². The molecule has 0 fully saturated rings. The largest absolute Gasteiger partial charge is 0.381 e. The molecule has 0 aliphatic rings. The third kappa shape index (κ3) is 3.20. The molecule has 1 aromatic carbocycles. The summed E-state index contributed by atoms with van der Waals surface area (Å²) in [5.74, 6) is -0.321. The van der Waals surface area contributed by atoms with Gasteiger partial charge in [0, 0.05) is 27.0 Å². The number of hydrogen-bond acceptors (Lipinski definition) is 2. The van der Waals surface area contributed by atoms with E-state index in [4.69, 9.17) is 11.6 Å². The summed E-state index contributed by atoms with van der Waals surface area (Å²) in [7, 11) is 0. The lowest BCUT2D eigenvalue weighted by atomic mass is 10.2. The first-order chi connectivity index (χ1) is 8.04. The fraction of sp³-hybridized carbons (Fsp3) is 0.231. The highest BCUT2D eigenvalue weighted by Gasteiger charge is 2.03. The molecule has 2 aromatic rings. The van der Waals surface area contributed by atoms with Gasteiger partial charge in [-0.25, -0.2) is 4.39 Å². The molecule has 1 nitrogen and oxygen atoms in total. The maximum atomic E-state index is 13.1. The quantitative estimate of drug-likeness (QED) is 0.846. The third-order valence-electron chi connectivity index (χ3n) is 2.49. The van der Waals surface area contributed by atoms with Gasteiger partial charge in [-0.2, -0.15) is 0 Å². The van der Waals surface area contributed by atoms with Crippen molar-refractivity contribution in [3.05, 3.63) is 50.4 Å². The van der Waals surface area contributed by atoms with Crippen LogP contribution in [0, 0.1) is 19.7 Å². The molecule has 0 saturated heterocycles. The number of halogens is 2. The molecule has 1 aromatic heterocycles. The fourth-order valence-corrected chi connectivity index (χ4v) is 2.88. The van der Waals surface area contributed by atoms with Gasteiger partial charge < -0.3 is 5.32 Å². The first kappa shape index (κ1) is 12.4. The van der Waals surface area contributed by atoms with Gasteiger partial charge in [0.25, 0.3) is 0 Å². The molecule has 0 unspecified atom stereocenters. The summed E-state index contributed by atoms with van der Waals surface area (Å²) in [5, 5.41) is 3.59. The minimum Gasteiger partial charge on any atom is -0.381 e. The maximum absolute atomic E-state index is 13.1. The average molecular weight is 270 g/mol. The Kier molecular flexibility index (Phi) is 3.69. The number of benzene rings is 1. The lowest BCUT2D eigenvalue weighted by Crippen LogP contribution is -1.99. The van der Waals surface area contributed by atoms with Crippen LogP contribution in [-0.4, -0.2) is 0 Å². The molecule has 1 heterocycles. The SMILES string of the molecule is Cc1cc(CNc2cc(F)cc(Cl)c2)c(C)s1. The number of hydrogen-bond donors (Lipinski definition) is 1. The highest BCUT2D eigenvalue weighted by atomic mass is 35.5. The van der Waals surface area contributed by atoms with Crippen LogP contribution in [0.25, 0.3) is 0 Å². The fourth-order valence-electron chi connectivity index (χ4n) is 1.71. The van der Waals surface area contributed by atoms with Crippen LogP contribution in [0.15, 0.2) is 24.3 Å². The summed E-state index contributed by atoms with van der Waals surface area (Å²) >= 11 is 7.56. The van der Waals surface area contributed by atoms with Crippen molar-refractivity contribution in [2.45, 2.75) is 20.4 Å². The molecular formula is C13H13ClFNS. The Balaban J connectivity index is 2.09. The summed E-state index contributed by atoms with van der Waals surface area (Å²) in [6.45, 7) is 4.86. The van der Waals surface area contributed by atoms with E-state index in [0.717, 1.165) is 0 Å². The lowest BCUT2D eigenvalue weighted by molar-refractivity contribution is 0.628. The molecule has 2 rings (SSSR count). The van der Waals surface area contributed by atoms with Crippen molar-refractivity contribution < 1.29 is 4.39 Å². The molecule has 0 spiro atoms. The highest BCUT2D eigenvalue weighted by molar-refractivity contribution is 7.12. The average Bonchev–Trinajstić information content (AvgIpc) is 2.53. The first-order valence-electron chi connectivity index (χ1n) is 5.30. The molecule has 17 heavy (non-hydrogen) atoms. The Labute approximate surface area is 109 Å². The molecular weight excluding hydrogens is 257 g/mol. The van der Waals surface area contributed by atoms with E-state index >= 15 is 0 Å². The van der Waals surface area contributed by atoms with Gasteiger partial charge in [-0.15, -0.1) is 11.3 Å². The Hall–Kier alpha value is -1.06. The molecule has 0 bridgehead atoms. The van der Waals surface area contributed by atoms with Crippen molar-refractivity contribution in [1.82, 2.24) is 0 Å². The van der Waals surface area contributed by atoms with E-state index in [1.807, 2.05) is 0 Å². The van der Waals surface area contributed by atoms with Crippen molar-refractivity contribution in [3.8, 4) is 0 Å². The summed E-state index contributed by atoms with van der Waals surface area (Å²) in [6.07, 6.45) is 0. The van der Waals surface area contributed by atoms with Gasteiger partial charge in [0.05, 0.1) is 0 Å². The zero-order valence-corrected chi connectivity index (χ0v) is 11.3. The molecule has 1 N–H and O–H groups in total. The number of aryl methyl sites for hydroxylation is 2. The topological polar surface area (TPSA) is 12.0 Å². The van der Waals surface area contributed by atoms with E-state index < -0.39 is 0 Å². The molecule has 90 valence electrons.